The van der Waals surface area contributed by atoms with Crippen LogP contribution in [0.3, 0.4) is 0 Å². The molecule has 0 amide bonds. The molecule has 0 fully saturated rings. The van der Waals surface area contributed by atoms with Gasteiger partial charge < -0.3 is 14.4 Å². The Balaban J connectivity index is 0.882. The minimum absolute atomic E-state index is 0.00438. The smallest absolute Gasteiger partial charge is 0.252 e. The van der Waals surface area contributed by atoms with Crippen LogP contribution in [0.4, 0.5) is 34.1 Å². The molecular weight excluding hydrogens is 1490 g/mol. The predicted molar refractivity (Wildman–Crippen MR) is 524 cm³/mol. The van der Waals surface area contributed by atoms with E-state index in [4.69, 9.17) is 0 Å². The molecule has 4 heteroatoms. The van der Waals surface area contributed by atoms with E-state index in [0.29, 0.717) is 5.69 Å². The van der Waals surface area contributed by atoms with Crippen LogP contribution in [0.15, 0.2) is 364 Å². The normalized spacial score (nSPS) is 15.3. The first-order valence-corrected chi connectivity index (χ1v) is 43.8. The molecule has 6 aliphatic rings. The summed E-state index contributed by atoms with van der Waals surface area (Å²) < 4.78 is 81.1. The van der Waals surface area contributed by atoms with Gasteiger partial charge in [0, 0.05) is 44.6 Å². The monoisotopic (exact) mass is 1600 g/mol. The molecule has 0 saturated carbocycles. The Kier molecular flexibility index (Phi) is 14.0. The summed E-state index contributed by atoms with van der Waals surface area (Å²) in [7, 11) is 0. The molecule has 2 aliphatic heterocycles. The van der Waals surface area contributed by atoms with E-state index in [0.717, 1.165) is 140 Å². The minimum Gasteiger partial charge on any atom is -0.311 e. The fourth-order valence-electron chi connectivity index (χ4n) is 22.3. The van der Waals surface area contributed by atoms with Crippen molar-refractivity contribution in [1.29, 1.82) is 0 Å². The van der Waals surface area contributed by atoms with Crippen LogP contribution < -0.4 is 26.2 Å². The molecule has 3 heterocycles. The molecule has 17 aromatic carbocycles. The van der Waals surface area contributed by atoms with Gasteiger partial charge in [-0.15, -0.1) is 0 Å². The Morgan fingerprint density at radius 2 is 0.573 bits per heavy atom. The van der Waals surface area contributed by atoms with Gasteiger partial charge in [-0.3, -0.25) is 0 Å². The Labute approximate surface area is 740 Å². The Morgan fingerprint density at radius 1 is 0.250 bits per heavy atom. The summed E-state index contributed by atoms with van der Waals surface area (Å²) in [5.41, 5.74) is 38.1. The molecule has 124 heavy (non-hydrogen) atoms. The van der Waals surface area contributed by atoms with Gasteiger partial charge in [0.05, 0.1) is 49.9 Å². The van der Waals surface area contributed by atoms with Gasteiger partial charge in [0.25, 0.3) is 6.71 Å². The quantitative estimate of drug-likeness (QED) is 0.147. The van der Waals surface area contributed by atoms with Gasteiger partial charge in [0.15, 0.2) is 0 Å². The molecule has 4 aliphatic carbocycles. The maximum Gasteiger partial charge on any atom is 0.252 e. The highest BCUT2D eigenvalue weighted by Gasteiger charge is 2.56. The van der Waals surface area contributed by atoms with E-state index < -0.39 is 53.8 Å². The van der Waals surface area contributed by atoms with Crippen LogP contribution in [0, 0.1) is 0 Å². The second-order valence-corrected chi connectivity index (χ2v) is 39.3. The number of para-hydroxylation sites is 2. The second kappa shape index (κ2) is 26.4. The van der Waals surface area contributed by atoms with E-state index in [9.17, 15) is 11.0 Å². The van der Waals surface area contributed by atoms with Gasteiger partial charge in [-0.25, -0.2) is 0 Å². The van der Waals surface area contributed by atoms with Crippen molar-refractivity contribution >= 4 is 79.0 Å². The lowest BCUT2D eigenvalue weighted by Gasteiger charge is -2.45. The third kappa shape index (κ3) is 10.5. The lowest BCUT2D eigenvalue weighted by atomic mass is 9.33. The zero-order chi connectivity index (χ0) is 90.9. The summed E-state index contributed by atoms with van der Waals surface area (Å²) in [6, 6.07) is 115. The van der Waals surface area contributed by atoms with Crippen LogP contribution in [0.2, 0.25) is 0 Å². The van der Waals surface area contributed by atoms with E-state index in [1.165, 1.54) is 66.8 Å². The van der Waals surface area contributed by atoms with Crippen molar-refractivity contribution in [3.8, 4) is 94.7 Å². The predicted octanol–water partition coefficient (Wildman–Crippen LogP) is 29.4. The third-order valence-electron chi connectivity index (χ3n) is 28.2. The molecule has 0 atom stereocenters. The van der Waals surface area contributed by atoms with Gasteiger partial charge in [-0.2, -0.15) is 0 Å². The molecule has 2 spiro atoms. The van der Waals surface area contributed by atoms with E-state index in [2.05, 4.69) is 408 Å². The zero-order valence-electron chi connectivity index (χ0n) is 79.9. The van der Waals surface area contributed by atoms with Gasteiger partial charge >= 0.3 is 0 Å². The summed E-state index contributed by atoms with van der Waals surface area (Å²) in [5.74, 6) is 0. The van der Waals surface area contributed by atoms with Crippen molar-refractivity contribution in [3.05, 3.63) is 431 Å². The Morgan fingerprint density at radius 3 is 0.944 bits per heavy atom. The van der Waals surface area contributed by atoms with E-state index in [1.807, 2.05) is 0 Å². The number of nitrogens with zero attached hydrogens (tertiary/aromatic N) is 3. The van der Waals surface area contributed by atoms with Crippen molar-refractivity contribution in [3.63, 3.8) is 0 Å². The number of aromatic nitrogens is 1. The third-order valence-corrected chi connectivity index (χ3v) is 28.2. The number of rotatable bonds is 7. The molecular formula is C120H96BN3. The summed E-state index contributed by atoms with van der Waals surface area (Å²) in [6.45, 7) is 27.1. The summed E-state index contributed by atoms with van der Waals surface area (Å²) in [5, 5.41) is -0.00876. The first kappa shape index (κ1) is 65.9. The highest BCUT2D eigenvalue weighted by molar-refractivity contribution is 7.00. The first-order valence-electron chi connectivity index (χ1n) is 47.8. The molecule has 18 aromatic rings. The summed E-state index contributed by atoms with van der Waals surface area (Å²) in [4.78, 5) is 5.00. The van der Waals surface area contributed by atoms with Crippen molar-refractivity contribution in [2.45, 2.75) is 116 Å². The van der Waals surface area contributed by atoms with Crippen LogP contribution in [0.5, 0.6) is 0 Å². The molecule has 1 aromatic heterocycles. The van der Waals surface area contributed by atoms with Gasteiger partial charge in [-0.1, -0.05) is 386 Å². The first-order chi connectivity index (χ1) is 63.3. The number of hydrogen-bond acceptors (Lipinski definition) is 2. The fraction of sp³-hybridized carbons (Fsp3) is 0.150. The summed E-state index contributed by atoms with van der Waals surface area (Å²) >= 11 is 0. The Hall–Kier alpha value is -13.8. The SMILES string of the molecule is [2H]c1c([2H])c([2H])c2c(c1[2H])c1c([2H])c([2H])c([2H])c([2H])c1n2-c1cc2c3c(c1)N(c1cccc4c1-c1cc(-c5cc(C(C)(C)C)cc(C(C)(C)C)c5)ccc1C41c4ccccc4-c4ccccc41)c1ccc(-c4ccccc4)cc1B3c1cc(-c3ccccc3)ccc1N2c1cccc2c1-c1cc(-c3cc(C(C)(C)C)cc(C(C)(C)C)c3)ccc1C21c2ccccc2-c2ccccc21. The number of fused-ring (bicyclic) bond motifs is 27. The standard InChI is InChI=1S/C120H96BN3/c1-115(2,3)81-61-79(62-82(69-81)116(4,5)6)75-53-57-98-92(65-75)112-100(119(98)94-43-25-19-37-86(94)87-38-20-26-44-95(87)119)47-31-51-108(112)123-106-59-55-77(73-33-15-13-16-34-73)67-102(106)121-103-68-78(74-35-17-14-18-36-74)56-60-107(103)124(111-72-85(71-110(123)114(111)121)122-104-49-29-23-41-90(104)91-42-24-30-50-105(91)122)109-52-32-48-101-113(109)93-66-76(80-63-83(117(7,8)9)70-84(64-80)118(10,11)12)54-58-99(93)120(101)96-45-27-21-39-88(96)89-40-22-28-46-97(89)120/h13-72H,1-12H3/i23D,24D,29D,30D,41D,42D,49D,50D. The topological polar surface area (TPSA) is 11.4 Å². The molecule has 3 nitrogen and oxygen atoms in total. The maximum absolute atomic E-state index is 10.4. The summed E-state index contributed by atoms with van der Waals surface area (Å²) in [6.07, 6.45) is 0. The van der Waals surface area contributed by atoms with E-state index in [-0.39, 0.29) is 55.6 Å². The van der Waals surface area contributed by atoms with Crippen molar-refractivity contribution in [2.24, 2.45) is 0 Å². The van der Waals surface area contributed by atoms with Gasteiger partial charge in [0.1, 0.15) is 0 Å². The largest absolute Gasteiger partial charge is 0.311 e. The highest BCUT2D eigenvalue weighted by Crippen LogP contribution is 2.68. The molecule has 0 radical (unpaired) electrons. The van der Waals surface area contributed by atoms with Crippen LogP contribution in [-0.2, 0) is 32.5 Å². The number of anilines is 6. The lowest BCUT2D eigenvalue weighted by molar-refractivity contribution is 0.568. The molecule has 0 saturated heterocycles. The average Bonchev–Trinajstić information content (AvgIpc) is 1.48. The second-order valence-electron chi connectivity index (χ2n) is 39.3. The number of benzene rings is 17. The minimum atomic E-state index is -0.833. The molecule has 0 unspecified atom stereocenters. The van der Waals surface area contributed by atoms with E-state index >= 15 is 0 Å². The van der Waals surface area contributed by atoms with Crippen molar-refractivity contribution in [1.82, 2.24) is 4.57 Å². The molecule has 24 rings (SSSR count). The van der Waals surface area contributed by atoms with Crippen molar-refractivity contribution in [2.75, 3.05) is 9.80 Å². The van der Waals surface area contributed by atoms with E-state index in [1.54, 1.807) is 4.57 Å². The van der Waals surface area contributed by atoms with Crippen molar-refractivity contribution < 1.29 is 11.0 Å². The van der Waals surface area contributed by atoms with Gasteiger partial charge in [-0.05, 0) is 243 Å². The molecule has 594 valence electrons. The number of hydrogen-bond donors (Lipinski definition) is 0. The Bertz CT molecular complexity index is 7510. The zero-order valence-corrected chi connectivity index (χ0v) is 71.9. The van der Waals surface area contributed by atoms with Gasteiger partial charge in [0.2, 0.25) is 0 Å². The average molecular weight is 1600 g/mol. The van der Waals surface area contributed by atoms with Crippen LogP contribution >= 0.6 is 0 Å². The lowest BCUT2D eigenvalue weighted by Crippen LogP contribution is -2.61. The highest BCUT2D eigenvalue weighted by atomic mass is 15.2. The van der Waals surface area contributed by atoms with Crippen LogP contribution in [0.25, 0.3) is 117 Å². The maximum atomic E-state index is 10.4. The molecule has 0 N–H and O–H groups in total. The van der Waals surface area contributed by atoms with Crippen LogP contribution in [-0.4, -0.2) is 11.3 Å². The fourth-order valence-corrected chi connectivity index (χ4v) is 22.3. The molecule has 0 bridgehead atoms. The van der Waals surface area contributed by atoms with Crippen LogP contribution in [0.1, 0.15) is 161 Å².